The average Bonchev–Trinajstić information content (AvgIpc) is 2.74. The fourth-order valence-electron chi connectivity index (χ4n) is 3.88. The molecule has 150 valence electrons. The van der Waals surface area contributed by atoms with Crippen LogP contribution in [0.5, 0.6) is 0 Å². The number of aryl methyl sites for hydroxylation is 1. The van der Waals surface area contributed by atoms with Gasteiger partial charge in [0.25, 0.3) is 0 Å². The van der Waals surface area contributed by atoms with E-state index in [1.54, 1.807) is 0 Å². The number of benzene rings is 1. The smallest absolute Gasteiger partial charge is 0.227 e. The van der Waals surface area contributed by atoms with E-state index in [0.29, 0.717) is 5.91 Å². The van der Waals surface area contributed by atoms with Crippen LogP contribution in [0.15, 0.2) is 36.5 Å². The molecule has 1 aliphatic heterocycles. The highest BCUT2D eigenvalue weighted by atomic mass is 16.2. The van der Waals surface area contributed by atoms with E-state index < -0.39 is 0 Å². The highest BCUT2D eigenvalue weighted by Crippen LogP contribution is 2.25. The zero-order valence-electron chi connectivity index (χ0n) is 17.4. The minimum absolute atomic E-state index is 0.0599. The standard InChI is InChI=1S/C23H32N4O/c1-4-14-26(15-5-2)23(28)20-7-6-16-27(17-20)21-12-13-24-22(25-21)19-10-8-18(3)9-11-19/h8-13,20H,4-7,14-17H2,1-3H3/t20-/m0/s1. The van der Waals surface area contributed by atoms with Crippen LogP contribution in [0.2, 0.25) is 0 Å². The molecule has 5 heteroatoms. The molecule has 3 rings (SSSR count). The fraction of sp³-hybridized carbons (Fsp3) is 0.522. The molecular formula is C23H32N4O. The molecule has 5 nitrogen and oxygen atoms in total. The number of piperidine rings is 1. The van der Waals surface area contributed by atoms with Crippen molar-refractivity contribution in [2.75, 3.05) is 31.1 Å². The molecule has 1 atom stereocenters. The number of aromatic nitrogens is 2. The summed E-state index contributed by atoms with van der Waals surface area (Å²) in [4.78, 5) is 26.6. The lowest BCUT2D eigenvalue weighted by molar-refractivity contribution is -0.135. The molecule has 1 aromatic heterocycles. The third kappa shape index (κ3) is 4.89. The molecule has 1 saturated heterocycles. The maximum Gasteiger partial charge on any atom is 0.227 e. The molecule has 0 radical (unpaired) electrons. The maximum absolute atomic E-state index is 13.0. The minimum Gasteiger partial charge on any atom is -0.356 e. The Kier molecular flexibility index (Phi) is 7.01. The lowest BCUT2D eigenvalue weighted by atomic mass is 9.96. The summed E-state index contributed by atoms with van der Waals surface area (Å²) in [6.07, 6.45) is 5.83. The molecule has 0 aliphatic carbocycles. The number of hydrogen-bond donors (Lipinski definition) is 0. The molecule has 0 unspecified atom stereocenters. The number of rotatable bonds is 7. The highest BCUT2D eigenvalue weighted by molar-refractivity contribution is 5.79. The van der Waals surface area contributed by atoms with Crippen molar-refractivity contribution in [2.45, 2.75) is 46.5 Å². The Morgan fingerprint density at radius 3 is 2.54 bits per heavy atom. The largest absolute Gasteiger partial charge is 0.356 e. The van der Waals surface area contributed by atoms with E-state index in [2.05, 4.69) is 54.9 Å². The van der Waals surface area contributed by atoms with E-state index in [1.165, 1.54) is 5.56 Å². The van der Waals surface area contributed by atoms with Crippen LogP contribution in [0.25, 0.3) is 11.4 Å². The molecule has 1 aromatic carbocycles. The third-order valence-corrected chi connectivity index (χ3v) is 5.34. The van der Waals surface area contributed by atoms with Gasteiger partial charge in [0.15, 0.2) is 5.82 Å². The monoisotopic (exact) mass is 380 g/mol. The summed E-state index contributed by atoms with van der Waals surface area (Å²) in [6.45, 7) is 9.74. The van der Waals surface area contributed by atoms with Gasteiger partial charge in [-0.1, -0.05) is 43.7 Å². The first-order chi connectivity index (χ1) is 13.6. The molecule has 0 bridgehead atoms. The van der Waals surface area contributed by atoms with Gasteiger partial charge >= 0.3 is 0 Å². The van der Waals surface area contributed by atoms with Crippen LogP contribution in [0, 0.1) is 12.8 Å². The summed E-state index contributed by atoms with van der Waals surface area (Å²) < 4.78 is 0. The van der Waals surface area contributed by atoms with Gasteiger partial charge in [0.2, 0.25) is 5.91 Å². The summed E-state index contributed by atoms with van der Waals surface area (Å²) in [6, 6.07) is 10.2. The SMILES string of the molecule is CCCN(CCC)C(=O)[C@H]1CCCN(c2ccnc(-c3ccc(C)cc3)n2)C1. The van der Waals surface area contributed by atoms with Crippen LogP contribution in [-0.4, -0.2) is 47.0 Å². The number of carbonyl (C=O) groups excluding carboxylic acids is 1. The number of carbonyl (C=O) groups is 1. The number of hydrogen-bond acceptors (Lipinski definition) is 4. The first-order valence-electron chi connectivity index (χ1n) is 10.6. The van der Waals surface area contributed by atoms with Crippen molar-refractivity contribution in [1.29, 1.82) is 0 Å². The number of anilines is 1. The Hall–Kier alpha value is -2.43. The summed E-state index contributed by atoms with van der Waals surface area (Å²) in [5, 5.41) is 0. The van der Waals surface area contributed by atoms with E-state index in [-0.39, 0.29) is 5.92 Å². The molecule has 1 amide bonds. The lowest BCUT2D eigenvalue weighted by Gasteiger charge is -2.35. The quantitative estimate of drug-likeness (QED) is 0.718. The van der Waals surface area contributed by atoms with Gasteiger partial charge in [-0.2, -0.15) is 0 Å². The molecule has 0 saturated carbocycles. The Labute approximate surface area is 168 Å². The summed E-state index contributed by atoms with van der Waals surface area (Å²) in [7, 11) is 0. The summed E-state index contributed by atoms with van der Waals surface area (Å²) >= 11 is 0. The third-order valence-electron chi connectivity index (χ3n) is 5.34. The van der Waals surface area contributed by atoms with Gasteiger partial charge in [0.05, 0.1) is 5.92 Å². The normalized spacial score (nSPS) is 16.8. The Balaban J connectivity index is 1.74. The van der Waals surface area contributed by atoms with E-state index in [4.69, 9.17) is 4.98 Å². The predicted octanol–water partition coefficient (Wildman–Crippen LogP) is 4.32. The second-order valence-electron chi connectivity index (χ2n) is 7.71. The van der Waals surface area contributed by atoms with Crippen LogP contribution in [0.4, 0.5) is 5.82 Å². The molecular weight excluding hydrogens is 348 g/mol. The van der Waals surface area contributed by atoms with Crippen molar-refractivity contribution >= 4 is 11.7 Å². The zero-order valence-corrected chi connectivity index (χ0v) is 17.4. The zero-order chi connectivity index (χ0) is 19.9. The van der Waals surface area contributed by atoms with Crippen molar-refractivity contribution in [3.8, 4) is 11.4 Å². The first kappa shape index (κ1) is 20.3. The van der Waals surface area contributed by atoms with Gasteiger partial charge in [-0.15, -0.1) is 0 Å². The van der Waals surface area contributed by atoms with Gasteiger partial charge in [-0.3, -0.25) is 4.79 Å². The maximum atomic E-state index is 13.0. The van der Waals surface area contributed by atoms with Crippen molar-refractivity contribution in [2.24, 2.45) is 5.92 Å². The lowest BCUT2D eigenvalue weighted by Crippen LogP contribution is -2.45. The Bertz CT molecular complexity index is 768. The molecule has 28 heavy (non-hydrogen) atoms. The van der Waals surface area contributed by atoms with Gasteiger partial charge in [-0.05, 0) is 38.7 Å². The minimum atomic E-state index is 0.0599. The van der Waals surface area contributed by atoms with Crippen molar-refractivity contribution in [1.82, 2.24) is 14.9 Å². The second-order valence-corrected chi connectivity index (χ2v) is 7.71. The Morgan fingerprint density at radius 1 is 1.14 bits per heavy atom. The van der Waals surface area contributed by atoms with E-state index in [1.807, 2.05) is 17.2 Å². The second kappa shape index (κ2) is 9.67. The van der Waals surface area contributed by atoms with Crippen LogP contribution >= 0.6 is 0 Å². The fourth-order valence-corrected chi connectivity index (χ4v) is 3.88. The summed E-state index contributed by atoms with van der Waals surface area (Å²) in [5.74, 6) is 2.02. The number of nitrogens with zero attached hydrogens (tertiary/aromatic N) is 4. The van der Waals surface area contributed by atoms with E-state index in [0.717, 1.165) is 69.1 Å². The molecule has 1 aliphatic rings. The van der Waals surface area contributed by atoms with E-state index in [9.17, 15) is 4.79 Å². The van der Waals surface area contributed by atoms with Crippen LogP contribution in [0.3, 0.4) is 0 Å². The van der Waals surface area contributed by atoms with Crippen molar-refractivity contribution in [3.63, 3.8) is 0 Å². The van der Waals surface area contributed by atoms with Crippen LogP contribution in [-0.2, 0) is 4.79 Å². The first-order valence-corrected chi connectivity index (χ1v) is 10.6. The molecule has 0 N–H and O–H groups in total. The molecule has 1 fully saturated rings. The topological polar surface area (TPSA) is 49.3 Å². The van der Waals surface area contributed by atoms with Crippen LogP contribution < -0.4 is 4.90 Å². The van der Waals surface area contributed by atoms with Crippen molar-refractivity contribution < 1.29 is 4.79 Å². The van der Waals surface area contributed by atoms with E-state index >= 15 is 0 Å². The van der Waals surface area contributed by atoms with Crippen molar-refractivity contribution in [3.05, 3.63) is 42.1 Å². The predicted molar refractivity (Wildman–Crippen MR) is 114 cm³/mol. The van der Waals surface area contributed by atoms with Gasteiger partial charge in [-0.25, -0.2) is 9.97 Å². The van der Waals surface area contributed by atoms with Crippen LogP contribution in [0.1, 0.15) is 45.1 Å². The summed E-state index contributed by atoms with van der Waals surface area (Å²) in [5.41, 5.74) is 2.25. The van der Waals surface area contributed by atoms with Gasteiger partial charge < -0.3 is 9.80 Å². The number of amides is 1. The average molecular weight is 381 g/mol. The van der Waals surface area contributed by atoms with Gasteiger partial charge in [0, 0.05) is 37.9 Å². The molecule has 2 heterocycles. The molecule has 2 aromatic rings. The Morgan fingerprint density at radius 2 is 1.86 bits per heavy atom. The van der Waals surface area contributed by atoms with Gasteiger partial charge in [0.1, 0.15) is 5.82 Å². The molecule has 0 spiro atoms. The highest BCUT2D eigenvalue weighted by Gasteiger charge is 2.29.